The highest BCUT2D eigenvalue weighted by Gasteiger charge is 2.14. The maximum atomic E-state index is 5.61. The Labute approximate surface area is 135 Å². The number of halogens is 1. The molecule has 0 amide bonds. The zero-order valence-corrected chi connectivity index (χ0v) is 14.4. The van der Waals surface area contributed by atoms with E-state index in [-0.39, 0.29) is 0 Å². The molecular formula is C16H24BrNO3. The van der Waals surface area contributed by atoms with Crippen molar-refractivity contribution in [2.45, 2.75) is 26.3 Å². The molecule has 1 fully saturated rings. The van der Waals surface area contributed by atoms with Crippen LogP contribution >= 0.6 is 15.9 Å². The Morgan fingerprint density at radius 2 is 2.10 bits per heavy atom. The number of methoxy groups -OCH3 is 1. The molecule has 0 aromatic heterocycles. The van der Waals surface area contributed by atoms with Gasteiger partial charge in [0.05, 0.1) is 18.2 Å². The van der Waals surface area contributed by atoms with Crippen LogP contribution in [0.4, 0.5) is 0 Å². The minimum absolute atomic E-state index is 0.621. The summed E-state index contributed by atoms with van der Waals surface area (Å²) in [6.45, 7) is 6.25. The molecule has 0 unspecified atom stereocenters. The summed E-state index contributed by atoms with van der Waals surface area (Å²) in [5.41, 5.74) is 1.19. The molecule has 1 aromatic carbocycles. The standard InChI is InChI=1S/C16H24BrNO3/c1-3-21-16-14(17)8-13(9-15(16)19-2)11-18-10-12-4-6-20-7-5-12/h8-9,12,18H,3-7,10-11H2,1-2H3. The van der Waals surface area contributed by atoms with Crippen LogP contribution in [0.5, 0.6) is 11.5 Å². The van der Waals surface area contributed by atoms with Gasteiger partial charge in [0.2, 0.25) is 0 Å². The molecule has 5 heteroatoms. The van der Waals surface area contributed by atoms with E-state index in [2.05, 4.69) is 27.3 Å². The Kier molecular flexibility index (Phi) is 6.80. The van der Waals surface area contributed by atoms with Crippen molar-refractivity contribution in [2.24, 2.45) is 5.92 Å². The van der Waals surface area contributed by atoms with Crippen molar-refractivity contribution in [3.63, 3.8) is 0 Å². The summed E-state index contributed by atoms with van der Waals surface area (Å²) >= 11 is 3.56. The second-order valence-electron chi connectivity index (χ2n) is 5.23. The Hall–Kier alpha value is -0.780. The van der Waals surface area contributed by atoms with Crippen molar-refractivity contribution in [3.05, 3.63) is 22.2 Å². The second kappa shape index (κ2) is 8.61. The van der Waals surface area contributed by atoms with Gasteiger partial charge in [-0.15, -0.1) is 0 Å². The largest absolute Gasteiger partial charge is 0.493 e. The molecule has 1 heterocycles. The second-order valence-corrected chi connectivity index (χ2v) is 6.08. The third kappa shape index (κ3) is 4.87. The van der Waals surface area contributed by atoms with Crippen molar-refractivity contribution in [1.82, 2.24) is 5.32 Å². The van der Waals surface area contributed by atoms with Crippen LogP contribution in [0.15, 0.2) is 16.6 Å². The van der Waals surface area contributed by atoms with Gasteiger partial charge in [0.1, 0.15) is 0 Å². The van der Waals surface area contributed by atoms with E-state index >= 15 is 0 Å². The molecule has 1 N–H and O–H groups in total. The van der Waals surface area contributed by atoms with Crippen molar-refractivity contribution in [1.29, 1.82) is 0 Å². The van der Waals surface area contributed by atoms with Gasteiger partial charge < -0.3 is 19.5 Å². The summed E-state index contributed by atoms with van der Waals surface area (Å²) in [7, 11) is 1.67. The first kappa shape index (κ1) is 16.6. The first-order valence-electron chi connectivity index (χ1n) is 7.52. The molecular weight excluding hydrogens is 334 g/mol. The van der Waals surface area contributed by atoms with Gasteiger partial charge in [-0.1, -0.05) is 0 Å². The number of hydrogen-bond acceptors (Lipinski definition) is 4. The van der Waals surface area contributed by atoms with Crippen LogP contribution in [0.2, 0.25) is 0 Å². The summed E-state index contributed by atoms with van der Waals surface area (Å²) in [6.07, 6.45) is 2.31. The number of benzene rings is 1. The van der Waals surface area contributed by atoms with Crippen LogP contribution < -0.4 is 14.8 Å². The van der Waals surface area contributed by atoms with Gasteiger partial charge >= 0.3 is 0 Å². The maximum absolute atomic E-state index is 5.61. The smallest absolute Gasteiger partial charge is 0.175 e. The van der Waals surface area contributed by atoms with E-state index in [0.717, 1.165) is 61.0 Å². The van der Waals surface area contributed by atoms with E-state index in [1.165, 1.54) is 5.56 Å². The molecule has 1 aromatic rings. The van der Waals surface area contributed by atoms with Crippen LogP contribution in [0.25, 0.3) is 0 Å². The number of hydrogen-bond donors (Lipinski definition) is 1. The average Bonchev–Trinajstić information content (AvgIpc) is 2.51. The van der Waals surface area contributed by atoms with E-state index in [4.69, 9.17) is 14.2 Å². The lowest BCUT2D eigenvalue weighted by atomic mass is 10.0. The predicted molar refractivity (Wildman–Crippen MR) is 87.1 cm³/mol. The minimum atomic E-state index is 0.621. The van der Waals surface area contributed by atoms with Gasteiger partial charge in [-0.2, -0.15) is 0 Å². The Balaban J connectivity index is 1.92. The highest BCUT2D eigenvalue weighted by Crippen LogP contribution is 2.36. The van der Waals surface area contributed by atoms with Gasteiger partial charge in [-0.05, 0) is 65.9 Å². The minimum Gasteiger partial charge on any atom is -0.493 e. The lowest BCUT2D eigenvalue weighted by Crippen LogP contribution is -2.27. The lowest BCUT2D eigenvalue weighted by molar-refractivity contribution is 0.0662. The van der Waals surface area contributed by atoms with Gasteiger partial charge in [0.25, 0.3) is 0 Å². The summed E-state index contributed by atoms with van der Waals surface area (Å²) in [5.74, 6) is 2.27. The number of rotatable bonds is 7. The normalized spacial score (nSPS) is 16.0. The summed E-state index contributed by atoms with van der Waals surface area (Å²) < 4.78 is 17.3. The van der Waals surface area contributed by atoms with Crippen LogP contribution in [0, 0.1) is 5.92 Å². The molecule has 2 rings (SSSR count). The van der Waals surface area contributed by atoms with E-state index in [1.807, 2.05) is 13.0 Å². The molecule has 1 aliphatic rings. The van der Waals surface area contributed by atoms with Crippen LogP contribution in [0.1, 0.15) is 25.3 Å². The SMILES string of the molecule is CCOc1c(Br)cc(CNCC2CCOCC2)cc1OC. The molecule has 1 aliphatic heterocycles. The first-order chi connectivity index (χ1) is 10.2. The Morgan fingerprint density at radius 3 is 2.76 bits per heavy atom. The fourth-order valence-electron chi connectivity index (χ4n) is 2.53. The third-order valence-corrected chi connectivity index (χ3v) is 4.27. The topological polar surface area (TPSA) is 39.7 Å². The molecule has 21 heavy (non-hydrogen) atoms. The molecule has 0 atom stereocenters. The van der Waals surface area contributed by atoms with E-state index in [9.17, 15) is 0 Å². The average molecular weight is 358 g/mol. The third-order valence-electron chi connectivity index (χ3n) is 3.68. The molecule has 1 saturated heterocycles. The van der Waals surface area contributed by atoms with Crippen molar-refractivity contribution >= 4 is 15.9 Å². The van der Waals surface area contributed by atoms with Crippen LogP contribution in [-0.4, -0.2) is 33.5 Å². The Bertz CT molecular complexity index is 447. The lowest BCUT2D eigenvalue weighted by Gasteiger charge is -2.22. The molecule has 118 valence electrons. The quantitative estimate of drug-likeness (QED) is 0.811. The molecule has 0 spiro atoms. The number of ether oxygens (including phenoxy) is 3. The van der Waals surface area contributed by atoms with Crippen LogP contribution in [0.3, 0.4) is 0 Å². The van der Waals surface area contributed by atoms with Crippen molar-refractivity contribution < 1.29 is 14.2 Å². The molecule has 0 saturated carbocycles. The van der Waals surface area contributed by atoms with Gasteiger partial charge in [-0.25, -0.2) is 0 Å². The summed E-state index contributed by atoms with van der Waals surface area (Å²) in [6, 6.07) is 4.12. The molecule has 0 radical (unpaired) electrons. The zero-order chi connectivity index (χ0) is 15.1. The zero-order valence-electron chi connectivity index (χ0n) is 12.8. The van der Waals surface area contributed by atoms with E-state index in [1.54, 1.807) is 7.11 Å². The fraction of sp³-hybridized carbons (Fsp3) is 0.625. The Morgan fingerprint density at radius 1 is 1.33 bits per heavy atom. The van der Waals surface area contributed by atoms with Gasteiger partial charge in [0, 0.05) is 19.8 Å². The molecule has 0 bridgehead atoms. The van der Waals surface area contributed by atoms with E-state index in [0.29, 0.717) is 6.61 Å². The van der Waals surface area contributed by atoms with Crippen molar-refractivity contribution in [2.75, 3.05) is 33.5 Å². The predicted octanol–water partition coefficient (Wildman–Crippen LogP) is 3.37. The van der Waals surface area contributed by atoms with E-state index < -0.39 is 0 Å². The van der Waals surface area contributed by atoms with Gasteiger partial charge in [-0.3, -0.25) is 0 Å². The monoisotopic (exact) mass is 357 g/mol. The van der Waals surface area contributed by atoms with Crippen LogP contribution in [-0.2, 0) is 11.3 Å². The van der Waals surface area contributed by atoms with Crippen molar-refractivity contribution in [3.8, 4) is 11.5 Å². The molecule has 0 aliphatic carbocycles. The highest BCUT2D eigenvalue weighted by atomic mass is 79.9. The number of nitrogens with one attached hydrogen (secondary N) is 1. The summed E-state index contributed by atoms with van der Waals surface area (Å²) in [4.78, 5) is 0. The van der Waals surface area contributed by atoms with Gasteiger partial charge in [0.15, 0.2) is 11.5 Å². The first-order valence-corrected chi connectivity index (χ1v) is 8.31. The summed E-state index contributed by atoms with van der Waals surface area (Å²) in [5, 5.41) is 3.53. The fourth-order valence-corrected chi connectivity index (χ4v) is 3.13. The molecule has 4 nitrogen and oxygen atoms in total. The maximum Gasteiger partial charge on any atom is 0.175 e. The highest BCUT2D eigenvalue weighted by molar-refractivity contribution is 9.10.